The van der Waals surface area contributed by atoms with Crippen LogP contribution in [0.15, 0.2) is 0 Å². The van der Waals surface area contributed by atoms with Gasteiger partial charge < -0.3 is 20.3 Å². The fourth-order valence-electron chi connectivity index (χ4n) is 3.79. The summed E-state index contributed by atoms with van der Waals surface area (Å²) in [4.78, 5) is 37.8. The molecule has 0 aromatic rings. The molecule has 0 aromatic heterocycles. The van der Waals surface area contributed by atoms with Crippen molar-refractivity contribution in [2.45, 2.75) is 58.9 Å². The standard InChI is InChI=1S/C19H35N3O3/c1-6-13(2)19(16(10-14(3)23)15-8-7-9-15)22(5)18(25)12-21-17(24)11-20-4/h13,15-16,19-20H,6-12H2,1-5H3,(H,21,24). The number of nitrogens with zero attached hydrogens (tertiary/aromatic N) is 1. The molecule has 3 atom stereocenters. The molecule has 1 rings (SSSR count). The summed E-state index contributed by atoms with van der Waals surface area (Å²) in [7, 11) is 3.51. The number of likely N-dealkylation sites (N-methyl/N-ethyl adjacent to an activating group) is 2. The highest BCUT2D eigenvalue weighted by Crippen LogP contribution is 2.40. The third-order valence-corrected chi connectivity index (χ3v) is 5.56. The van der Waals surface area contributed by atoms with Gasteiger partial charge in [0.25, 0.3) is 0 Å². The Morgan fingerprint density at radius 3 is 2.28 bits per heavy atom. The van der Waals surface area contributed by atoms with Crippen LogP contribution in [0, 0.1) is 17.8 Å². The Labute approximate surface area is 152 Å². The van der Waals surface area contributed by atoms with Crippen LogP contribution in [0.4, 0.5) is 0 Å². The maximum atomic E-state index is 12.6. The number of amides is 2. The van der Waals surface area contributed by atoms with E-state index in [1.807, 2.05) is 7.05 Å². The molecule has 1 aliphatic rings. The molecule has 0 radical (unpaired) electrons. The molecule has 0 bridgehead atoms. The second-order valence-electron chi connectivity index (χ2n) is 7.45. The van der Waals surface area contributed by atoms with Gasteiger partial charge in [-0.15, -0.1) is 0 Å². The Kier molecular flexibility index (Phi) is 9.11. The SMILES string of the molecule is CCC(C)C(C(CC(C)=O)C1CCC1)N(C)C(=O)CNC(=O)CNC. The predicted molar refractivity (Wildman–Crippen MR) is 99.1 cm³/mol. The fraction of sp³-hybridized carbons (Fsp3) is 0.842. The van der Waals surface area contributed by atoms with Crippen LogP contribution < -0.4 is 10.6 Å². The van der Waals surface area contributed by atoms with Crippen LogP contribution in [0.1, 0.15) is 52.9 Å². The lowest BCUT2D eigenvalue weighted by Crippen LogP contribution is -2.52. The van der Waals surface area contributed by atoms with Crippen molar-refractivity contribution in [1.82, 2.24) is 15.5 Å². The van der Waals surface area contributed by atoms with Crippen LogP contribution in [0.25, 0.3) is 0 Å². The highest BCUT2D eigenvalue weighted by Gasteiger charge is 2.39. The van der Waals surface area contributed by atoms with E-state index in [1.54, 1.807) is 18.9 Å². The largest absolute Gasteiger partial charge is 0.346 e. The van der Waals surface area contributed by atoms with Gasteiger partial charge in [-0.3, -0.25) is 9.59 Å². The number of hydrogen-bond donors (Lipinski definition) is 2. The van der Waals surface area contributed by atoms with Crippen molar-refractivity contribution >= 4 is 17.6 Å². The van der Waals surface area contributed by atoms with Crippen LogP contribution in [0.3, 0.4) is 0 Å². The minimum absolute atomic E-state index is 0.00139. The molecule has 0 saturated heterocycles. The molecule has 0 aromatic carbocycles. The molecular weight excluding hydrogens is 318 g/mol. The van der Waals surface area contributed by atoms with Gasteiger partial charge in [-0.05, 0) is 31.7 Å². The summed E-state index contributed by atoms with van der Waals surface area (Å²) >= 11 is 0. The quantitative estimate of drug-likeness (QED) is 0.591. The normalized spacial score (nSPS) is 18.0. The first-order valence-corrected chi connectivity index (χ1v) is 9.48. The fourth-order valence-corrected chi connectivity index (χ4v) is 3.79. The molecular formula is C19H35N3O3. The van der Waals surface area contributed by atoms with Crippen LogP contribution in [0.2, 0.25) is 0 Å². The van der Waals surface area contributed by atoms with Crippen molar-refractivity contribution in [3.05, 3.63) is 0 Å². The van der Waals surface area contributed by atoms with Gasteiger partial charge in [0, 0.05) is 19.5 Å². The lowest BCUT2D eigenvalue weighted by atomic mass is 9.68. The van der Waals surface area contributed by atoms with Crippen LogP contribution in [-0.4, -0.2) is 55.7 Å². The Morgan fingerprint density at radius 2 is 1.84 bits per heavy atom. The van der Waals surface area contributed by atoms with E-state index in [1.165, 1.54) is 6.42 Å². The summed E-state index contributed by atoms with van der Waals surface area (Å²) in [6.07, 6.45) is 4.99. The van der Waals surface area contributed by atoms with E-state index >= 15 is 0 Å². The third-order valence-electron chi connectivity index (χ3n) is 5.56. The van der Waals surface area contributed by atoms with Gasteiger partial charge in [0.05, 0.1) is 13.1 Å². The Bertz CT molecular complexity index is 463. The molecule has 2 amide bonds. The number of carbonyl (C=O) groups excluding carboxylic acids is 3. The summed E-state index contributed by atoms with van der Waals surface area (Å²) in [5, 5.41) is 5.42. The van der Waals surface area contributed by atoms with Gasteiger partial charge in [-0.25, -0.2) is 0 Å². The molecule has 2 N–H and O–H groups in total. The van der Waals surface area contributed by atoms with Gasteiger partial charge in [0.15, 0.2) is 0 Å². The highest BCUT2D eigenvalue weighted by atomic mass is 16.2. The Morgan fingerprint density at radius 1 is 1.20 bits per heavy atom. The molecule has 0 aliphatic heterocycles. The first kappa shape index (κ1) is 21.6. The molecule has 144 valence electrons. The summed E-state index contributed by atoms with van der Waals surface area (Å²) in [5.41, 5.74) is 0. The third kappa shape index (κ3) is 6.42. The zero-order chi connectivity index (χ0) is 19.0. The van der Waals surface area contributed by atoms with Crippen LogP contribution >= 0.6 is 0 Å². The summed E-state index contributed by atoms with van der Waals surface area (Å²) < 4.78 is 0. The topological polar surface area (TPSA) is 78.5 Å². The first-order chi connectivity index (χ1) is 11.8. The van der Waals surface area contributed by atoms with Crippen LogP contribution in [0.5, 0.6) is 0 Å². The Balaban J connectivity index is 2.85. The zero-order valence-electron chi connectivity index (χ0n) is 16.4. The number of hydrogen-bond acceptors (Lipinski definition) is 4. The van der Waals surface area contributed by atoms with Crippen molar-refractivity contribution in [2.24, 2.45) is 17.8 Å². The van der Waals surface area contributed by atoms with Crippen molar-refractivity contribution in [3.8, 4) is 0 Å². The monoisotopic (exact) mass is 353 g/mol. The predicted octanol–water partition coefficient (Wildman–Crippen LogP) is 1.59. The minimum Gasteiger partial charge on any atom is -0.346 e. The van der Waals surface area contributed by atoms with Crippen molar-refractivity contribution in [3.63, 3.8) is 0 Å². The van der Waals surface area contributed by atoms with Crippen molar-refractivity contribution in [2.75, 3.05) is 27.2 Å². The van der Waals surface area contributed by atoms with E-state index in [4.69, 9.17) is 0 Å². The van der Waals surface area contributed by atoms with Crippen molar-refractivity contribution in [1.29, 1.82) is 0 Å². The molecule has 1 fully saturated rings. The average molecular weight is 354 g/mol. The molecule has 3 unspecified atom stereocenters. The molecule has 25 heavy (non-hydrogen) atoms. The number of rotatable bonds is 11. The number of nitrogens with one attached hydrogen (secondary N) is 2. The molecule has 1 saturated carbocycles. The zero-order valence-corrected chi connectivity index (χ0v) is 16.4. The summed E-state index contributed by atoms with van der Waals surface area (Å²) in [5.74, 6) is 0.951. The highest BCUT2D eigenvalue weighted by molar-refractivity contribution is 5.85. The van der Waals surface area contributed by atoms with Gasteiger partial charge in [0.2, 0.25) is 11.8 Å². The number of carbonyl (C=O) groups is 3. The van der Waals surface area contributed by atoms with Gasteiger partial charge in [0.1, 0.15) is 5.78 Å². The molecule has 0 spiro atoms. The summed E-state index contributed by atoms with van der Waals surface area (Å²) in [6, 6.07) is 0.0351. The van der Waals surface area contributed by atoms with E-state index in [0.29, 0.717) is 18.3 Å². The average Bonchev–Trinajstić information content (AvgIpc) is 2.50. The Hall–Kier alpha value is -1.43. The van der Waals surface area contributed by atoms with Gasteiger partial charge in [-0.1, -0.05) is 39.5 Å². The number of ketones is 1. The molecule has 6 nitrogen and oxygen atoms in total. The molecule has 6 heteroatoms. The van der Waals surface area contributed by atoms with Gasteiger partial charge in [-0.2, -0.15) is 0 Å². The van der Waals surface area contributed by atoms with Crippen LogP contribution in [-0.2, 0) is 14.4 Å². The summed E-state index contributed by atoms with van der Waals surface area (Å²) in [6.45, 7) is 6.11. The van der Waals surface area contributed by atoms with E-state index in [2.05, 4.69) is 24.5 Å². The van der Waals surface area contributed by atoms with E-state index < -0.39 is 0 Å². The first-order valence-electron chi connectivity index (χ1n) is 9.48. The second kappa shape index (κ2) is 10.5. The molecule has 1 aliphatic carbocycles. The lowest BCUT2D eigenvalue weighted by Gasteiger charge is -2.44. The second-order valence-corrected chi connectivity index (χ2v) is 7.45. The minimum atomic E-state index is -0.191. The maximum absolute atomic E-state index is 12.6. The van der Waals surface area contributed by atoms with Gasteiger partial charge >= 0.3 is 0 Å². The number of Topliss-reactive ketones (excluding diaryl/α,β-unsaturated/α-hetero) is 1. The van der Waals surface area contributed by atoms with E-state index in [0.717, 1.165) is 19.3 Å². The smallest absolute Gasteiger partial charge is 0.241 e. The maximum Gasteiger partial charge on any atom is 0.241 e. The molecule has 0 heterocycles. The van der Waals surface area contributed by atoms with Crippen molar-refractivity contribution < 1.29 is 14.4 Å². The lowest BCUT2D eigenvalue weighted by molar-refractivity contribution is -0.137. The van der Waals surface area contributed by atoms with E-state index in [-0.39, 0.29) is 42.6 Å². The van der Waals surface area contributed by atoms with E-state index in [9.17, 15) is 14.4 Å².